The first-order chi connectivity index (χ1) is 24.8. The van der Waals surface area contributed by atoms with Crippen molar-refractivity contribution in [1.29, 1.82) is 0 Å². The molecule has 51 heavy (non-hydrogen) atoms. The predicted octanol–water partition coefficient (Wildman–Crippen LogP) is 6.21. The third-order valence-electron chi connectivity index (χ3n) is 10.0. The summed E-state index contributed by atoms with van der Waals surface area (Å²) in [5.74, 6) is -1.10. The van der Waals surface area contributed by atoms with Gasteiger partial charge in [-0.15, -0.1) is 0 Å². The Morgan fingerprint density at radius 1 is 0.922 bits per heavy atom. The Hall–Kier alpha value is -4.41. The van der Waals surface area contributed by atoms with Crippen molar-refractivity contribution in [3.63, 3.8) is 0 Å². The second-order valence-electron chi connectivity index (χ2n) is 13.7. The molecular weight excluding hydrogens is 642 g/mol. The third kappa shape index (κ3) is 11.3. The zero-order valence-electron chi connectivity index (χ0n) is 29.1. The molecule has 1 heterocycles. The quantitative estimate of drug-likeness (QED) is 0.0469. The molecule has 0 bridgehead atoms. The highest BCUT2D eigenvalue weighted by molar-refractivity contribution is 5.98. The van der Waals surface area contributed by atoms with Crippen molar-refractivity contribution >= 4 is 28.3 Å². The number of hydrogen-bond acceptors (Lipinski definition) is 8. The van der Waals surface area contributed by atoms with Crippen molar-refractivity contribution in [2.24, 2.45) is 17.6 Å². The van der Waals surface area contributed by atoms with Gasteiger partial charge in [-0.2, -0.15) is 0 Å². The predicted molar refractivity (Wildman–Crippen MR) is 200 cm³/mol. The van der Waals surface area contributed by atoms with Crippen LogP contribution in [0.3, 0.4) is 0 Å². The summed E-state index contributed by atoms with van der Waals surface area (Å²) >= 11 is 0. The summed E-state index contributed by atoms with van der Waals surface area (Å²) in [6, 6.07) is 25.0. The van der Waals surface area contributed by atoms with E-state index in [9.17, 15) is 24.9 Å². The minimum absolute atomic E-state index is 0.0491. The molecule has 0 aliphatic heterocycles. The standard InChI is InChI=1S/C42H51N3O6/c43-26-38(42(50)45-34-18-17-33-27-44-23-22-32(33)24-34)31-15-12-30(13-16-31)28-51-41(49)11-7-2-1-6-10-36-37(40(48)25-39(36)47)21-20-35(46)19-14-29-8-4-3-5-9-29/h1,3-6,8-9,12-13,15-18,22-24,27,35-40,46-48H,2,7,10-11,14,19-21,25-26,28,43H2,(H,45,50)/b6-1-/t35-,36?,37+,38?,39-,40+/m0/s1. The number of carbonyl (C=O) groups is 2. The Labute approximate surface area is 300 Å². The van der Waals surface area contributed by atoms with Crippen LogP contribution in [-0.2, 0) is 27.4 Å². The lowest BCUT2D eigenvalue weighted by Gasteiger charge is -2.23. The normalized spacial score (nSPS) is 20.0. The number of pyridine rings is 1. The molecule has 1 fully saturated rings. The number of hydrogen-bond donors (Lipinski definition) is 5. The number of nitrogens with two attached hydrogens (primary N) is 1. The highest BCUT2D eigenvalue weighted by atomic mass is 16.5. The van der Waals surface area contributed by atoms with E-state index < -0.39 is 24.2 Å². The Balaban J connectivity index is 0.983. The van der Waals surface area contributed by atoms with Crippen LogP contribution in [0, 0.1) is 11.8 Å². The highest BCUT2D eigenvalue weighted by Crippen LogP contribution is 2.38. The number of benzene rings is 3. The van der Waals surface area contributed by atoms with Crippen molar-refractivity contribution in [1.82, 2.24) is 4.98 Å². The minimum Gasteiger partial charge on any atom is -0.461 e. The molecule has 4 aromatic rings. The largest absolute Gasteiger partial charge is 0.461 e. The summed E-state index contributed by atoms with van der Waals surface area (Å²) in [6.45, 7) is 0.292. The number of esters is 1. The second-order valence-corrected chi connectivity index (χ2v) is 13.7. The van der Waals surface area contributed by atoms with Gasteiger partial charge in [0.05, 0.1) is 24.2 Å². The number of fused-ring (bicyclic) bond motifs is 1. The number of aliphatic hydroxyl groups excluding tert-OH is 3. The summed E-state index contributed by atoms with van der Waals surface area (Å²) in [6.07, 6.45) is 11.4. The number of anilines is 1. The van der Waals surface area contributed by atoms with E-state index in [1.54, 1.807) is 12.4 Å². The number of ether oxygens (including phenoxy) is 1. The van der Waals surface area contributed by atoms with Gasteiger partial charge in [0, 0.05) is 36.4 Å². The molecule has 1 aliphatic carbocycles. The van der Waals surface area contributed by atoms with Crippen LogP contribution in [0.15, 0.2) is 103 Å². The average molecular weight is 694 g/mol. The number of rotatable bonds is 18. The fourth-order valence-corrected chi connectivity index (χ4v) is 7.02. The molecule has 0 spiro atoms. The number of carbonyl (C=O) groups excluding carboxylic acids is 2. The summed E-state index contributed by atoms with van der Waals surface area (Å²) in [5.41, 5.74) is 9.48. The second kappa shape index (κ2) is 19.3. The number of aryl methyl sites for hydroxylation is 1. The average Bonchev–Trinajstić information content (AvgIpc) is 3.42. The van der Waals surface area contributed by atoms with Gasteiger partial charge >= 0.3 is 5.97 Å². The molecular formula is C42H51N3O6. The third-order valence-corrected chi connectivity index (χ3v) is 10.0. The maximum absolute atomic E-state index is 13.1. The molecule has 1 aromatic heterocycles. The molecule has 9 heteroatoms. The number of nitrogens with one attached hydrogen (secondary N) is 1. The van der Waals surface area contributed by atoms with E-state index in [2.05, 4.69) is 22.4 Å². The van der Waals surface area contributed by atoms with Crippen LogP contribution in [0.4, 0.5) is 5.69 Å². The minimum atomic E-state index is -0.563. The van der Waals surface area contributed by atoms with Crippen molar-refractivity contribution in [2.75, 3.05) is 11.9 Å². The van der Waals surface area contributed by atoms with Gasteiger partial charge < -0.3 is 31.1 Å². The smallest absolute Gasteiger partial charge is 0.306 e. The summed E-state index contributed by atoms with van der Waals surface area (Å²) < 4.78 is 5.48. The SMILES string of the molecule is NCC(C(=O)Nc1ccc2cnccc2c1)c1ccc(COC(=O)CCC/C=C\CC2[C@@H](CC[C@@H](O)CCc3ccccc3)[C@H](O)C[C@@H]2O)cc1. The zero-order chi connectivity index (χ0) is 36.0. The molecule has 1 aliphatic rings. The molecule has 2 unspecified atom stereocenters. The lowest BCUT2D eigenvalue weighted by molar-refractivity contribution is -0.145. The van der Waals surface area contributed by atoms with E-state index >= 15 is 0 Å². The number of aliphatic hydroxyl groups is 3. The topological polar surface area (TPSA) is 155 Å². The molecule has 6 N–H and O–H groups in total. The Bertz CT molecular complexity index is 1710. The monoisotopic (exact) mass is 693 g/mol. The van der Waals surface area contributed by atoms with Crippen LogP contribution in [0.25, 0.3) is 10.8 Å². The number of unbranched alkanes of at least 4 members (excludes halogenated alkanes) is 1. The number of amides is 1. The van der Waals surface area contributed by atoms with Gasteiger partial charge in [-0.3, -0.25) is 14.6 Å². The van der Waals surface area contributed by atoms with Crippen LogP contribution in [-0.4, -0.2) is 57.0 Å². The van der Waals surface area contributed by atoms with Crippen LogP contribution in [0.1, 0.15) is 74.0 Å². The van der Waals surface area contributed by atoms with E-state index in [-0.39, 0.29) is 43.3 Å². The van der Waals surface area contributed by atoms with Gasteiger partial charge in [0.25, 0.3) is 0 Å². The molecule has 0 saturated heterocycles. The maximum atomic E-state index is 13.1. The van der Waals surface area contributed by atoms with E-state index in [1.807, 2.05) is 78.9 Å². The van der Waals surface area contributed by atoms with Gasteiger partial charge in [0.1, 0.15) is 6.61 Å². The molecule has 0 radical (unpaired) electrons. The molecule has 270 valence electrons. The first-order valence-electron chi connectivity index (χ1n) is 18.1. The van der Waals surface area contributed by atoms with Gasteiger partial charge in [-0.1, -0.05) is 72.8 Å². The number of nitrogens with zero attached hydrogens (tertiary/aromatic N) is 1. The van der Waals surface area contributed by atoms with E-state index in [0.717, 1.165) is 28.3 Å². The van der Waals surface area contributed by atoms with Crippen molar-refractivity contribution in [3.8, 4) is 0 Å². The first kappa shape index (κ1) is 37.8. The number of aromatic nitrogens is 1. The molecule has 1 amide bonds. The summed E-state index contributed by atoms with van der Waals surface area (Å²) in [4.78, 5) is 29.6. The van der Waals surface area contributed by atoms with E-state index in [0.29, 0.717) is 50.6 Å². The Morgan fingerprint density at radius 3 is 2.49 bits per heavy atom. The van der Waals surface area contributed by atoms with Gasteiger partial charge in [0.2, 0.25) is 5.91 Å². The lowest BCUT2D eigenvalue weighted by atomic mass is 9.85. The van der Waals surface area contributed by atoms with Gasteiger partial charge in [-0.05, 0) is 103 Å². The molecule has 9 nitrogen and oxygen atoms in total. The van der Waals surface area contributed by atoms with Crippen LogP contribution in [0.2, 0.25) is 0 Å². The molecule has 3 aromatic carbocycles. The van der Waals surface area contributed by atoms with Crippen LogP contribution >= 0.6 is 0 Å². The molecule has 1 saturated carbocycles. The van der Waals surface area contributed by atoms with Crippen molar-refractivity contribution < 1.29 is 29.6 Å². The highest BCUT2D eigenvalue weighted by Gasteiger charge is 2.40. The lowest BCUT2D eigenvalue weighted by Crippen LogP contribution is -2.27. The Kier molecular flexibility index (Phi) is 14.3. The fourth-order valence-electron chi connectivity index (χ4n) is 7.02. The van der Waals surface area contributed by atoms with Crippen molar-refractivity contribution in [3.05, 3.63) is 120 Å². The van der Waals surface area contributed by atoms with Crippen LogP contribution in [0.5, 0.6) is 0 Å². The number of allylic oxidation sites excluding steroid dienone is 2. The summed E-state index contributed by atoms with van der Waals surface area (Å²) in [7, 11) is 0. The summed E-state index contributed by atoms with van der Waals surface area (Å²) in [5, 5.41) is 36.7. The molecule has 5 rings (SSSR count). The maximum Gasteiger partial charge on any atom is 0.306 e. The van der Waals surface area contributed by atoms with Gasteiger partial charge in [0.15, 0.2) is 0 Å². The zero-order valence-corrected chi connectivity index (χ0v) is 29.1. The molecule has 6 atom stereocenters. The van der Waals surface area contributed by atoms with E-state index in [4.69, 9.17) is 10.5 Å². The van der Waals surface area contributed by atoms with Gasteiger partial charge in [-0.25, -0.2) is 0 Å². The van der Waals surface area contributed by atoms with Crippen LogP contribution < -0.4 is 11.1 Å². The van der Waals surface area contributed by atoms with E-state index in [1.165, 1.54) is 5.56 Å². The Morgan fingerprint density at radius 2 is 1.71 bits per heavy atom. The fraction of sp³-hybridized carbons (Fsp3) is 0.405. The van der Waals surface area contributed by atoms with Crippen molar-refractivity contribution in [2.45, 2.75) is 88.6 Å². The first-order valence-corrected chi connectivity index (χ1v) is 18.1.